The molecule has 0 radical (unpaired) electrons. The number of rotatable bonds is 4. The van der Waals surface area contributed by atoms with E-state index in [9.17, 15) is 14.7 Å². The molecule has 1 amide bonds. The lowest BCUT2D eigenvalue weighted by Gasteiger charge is -2.23. The highest BCUT2D eigenvalue weighted by Gasteiger charge is 2.51. The van der Waals surface area contributed by atoms with E-state index in [0.717, 1.165) is 17.7 Å². The summed E-state index contributed by atoms with van der Waals surface area (Å²) < 4.78 is 0. The molecule has 21 heavy (non-hydrogen) atoms. The number of carbonyl (C=O) groups is 2. The Balaban J connectivity index is 1.64. The molecule has 0 aliphatic carbocycles. The number of nitrogens with zero attached hydrogens (tertiary/aromatic N) is 1. The molecule has 112 valence electrons. The average Bonchev–Trinajstić information content (AvgIpc) is 3.04. The molecule has 1 aromatic rings. The van der Waals surface area contributed by atoms with E-state index in [2.05, 4.69) is 0 Å². The highest BCUT2D eigenvalue weighted by atomic mass is 35.5. The molecule has 4 nitrogen and oxygen atoms in total. The molecule has 2 heterocycles. The molecule has 6 heteroatoms. The van der Waals surface area contributed by atoms with Crippen molar-refractivity contribution in [2.24, 2.45) is 5.92 Å². The van der Waals surface area contributed by atoms with Gasteiger partial charge in [-0.1, -0.05) is 23.7 Å². The van der Waals surface area contributed by atoms with Crippen molar-refractivity contribution >= 4 is 35.2 Å². The fourth-order valence-corrected chi connectivity index (χ4v) is 4.53. The van der Waals surface area contributed by atoms with Crippen LogP contribution in [0.3, 0.4) is 0 Å². The summed E-state index contributed by atoms with van der Waals surface area (Å²) in [5, 5.41) is 9.86. The van der Waals surface area contributed by atoms with Crippen LogP contribution in [-0.4, -0.2) is 39.7 Å². The maximum Gasteiger partial charge on any atom is 0.308 e. The molecule has 3 atom stereocenters. The van der Waals surface area contributed by atoms with Crippen LogP contribution in [0.5, 0.6) is 0 Å². The van der Waals surface area contributed by atoms with Gasteiger partial charge in [0.15, 0.2) is 0 Å². The minimum Gasteiger partial charge on any atom is -0.481 e. The fraction of sp³-hybridized carbons (Fsp3) is 0.467. The van der Waals surface area contributed by atoms with Gasteiger partial charge in [-0.25, -0.2) is 0 Å². The van der Waals surface area contributed by atoms with Crippen LogP contribution in [0.2, 0.25) is 5.02 Å². The molecular weight excluding hydrogens is 310 g/mol. The number of benzene rings is 1. The molecule has 2 saturated heterocycles. The van der Waals surface area contributed by atoms with Crippen molar-refractivity contribution in [2.75, 3.05) is 5.75 Å². The number of halogens is 1. The standard InChI is InChI=1S/C15H16ClNO3S/c16-11-3-1-2-4-13(11)21-8-14(18)17-9-5-6-12(17)10(7-9)15(19)20/h1-4,9-10,12H,5-8H2,(H,19,20). The monoisotopic (exact) mass is 325 g/mol. The molecule has 0 aromatic heterocycles. The smallest absolute Gasteiger partial charge is 0.308 e. The summed E-state index contributed by atoms with van der Waals surface area (Å²) in [6.07, 6.45) is 2.34. The first-order valence-corrected chi connectivity index (χ1v) is 8.35. The molecule has 3 rings (SSSR count). The maximum absolute atomic E-state index is 12.4. The second-order valence-corrected chi connectivity index (χ2v) is 6.92. The lowest BCUT2D eigenvalue weighted by Crippen LogP contribution is -2.38. The first-order chi connectivity index (χ1) is 10.1. The lowest BCUT2D eigenvalue weighted by molar-refractivity contribution is -0.143. The van der Waals surface area contributed by atoms with E-state index in [4.69, 9.17) is 11.6 Å². The van der Waals surface area contributed by atoms with Crippen LogP contribution in [0.4, 0.5) is 0 Å². The number of carboxylic acids is 1. The largest absolute Gasteiger partial charge is 0.481 e. The summed E-state index contributed by atoms with van der Waals surface area (Å²) in [4.78, 5) is 26.3. The Morgan fingerprint density at radius 1 is 1.33 bits per heavy atom. The van der Waals surface area contributed by atoms with Gasteiger partial charge in [0, 0.05) is 17.0 Å². The molecule has 3 unspecified atom stereocenters. The second kappa shape index (κ2) is 5.89. The Bertz CT molecular complexity index is 580. The SMILES string of the molecule is O=C(O)C1CC2CCC1N2C(=O)CSc1ccccc1Cl. The number of carbonyl (C=O) groups excluding carboxylic acids is 1. The molecule has 2 aliphatic rings. The molecule has 2 fully saturated rings. The summed E-state index contributed by atoms with van der Waals surface area (Å²) >= 11 is 7.49. The predicted molar refractivity (Wildman–Crippen MR) is 81.6 cm³/mol. The third-order valence-electron chi connectivity index (χ3n) is 4.33. The predicted octanol–water partition coefficient (Wildman–Crippen LogP) is 2.90. The van der Waals surface area contributed by atoms with Gasteiger partial charge in [-0.05, 0) is 31.4 Å². The first kappa shape index (κ1) is 14.7. The Morgan fingerprint density at radius 2 is 2.10 bits per heavy atom. The number of amides is 1. The zero-order chi connectivity index (χ0) is 15.0. The summed E-state index contributed by atoms with van der Waals surface area (Å²) in [6.45, 7) is 0. The normalized spacial score (nSPS) is 27.1. The second-order valence-electron chi connectivity index (χ2n) is 5.50. The van der Waals surface area contributed by atoms with Gasteiger partial charge in [0.2, 0.25) is 5.91 Å². The number of hydrogen-bond acceptors (Lipinski definition) is 3. The Hall–Kier alpha value is -1.20. The number of aliphatic carboxylic acids is 1. The summed E-state index contributed by atoms with van der Waals surface area (Å²) in [6, 6.07) is 7.42. The number of hydrogen-bond donors (Lipinski definition) is 1. The Morgan fingerprint density at radius 3 is 2.76 bits per heavy atom. The van der Waals surface area contributed by atoms with E-state index >= 15 is 0 Å². The topological polar surface area (TPSA) is 57.6 Å². The average molecular weight is 326 g/mol. The van der Waals surface area contributed by atoms with Gasteiger partial charge in [0.05, 0.1) is 16.7 Å². The summed E-state index contributed by atoms with van der Waals surface area (Å²) in [5.74, 6) is -0.837. The van der Waals surface area contributed by atoms with Crippen LogP contribution >= 0.6 is 23.4 Å². The first-order valence-electron chi connectivity index (χ1n) is 6.99. The highest BCUT2D eigenvalue weighted by molar-refractivity contribution is 8.00. The quantitative estimate of drug-likeness (QED) is 0.865. The zero-order valence-corrected chi connectivity index (χ0v) is 12.9. The van der Waals surface area contributed by atoms with Crippen molar-refractivity contribution in [1.29, 1.82) is 0 Å². The van der Waals surface area contributed by atoms with Gasteiger partial charge in [-0.15, -0.1) is 11.8 Å². The van der Waals surface area contributed by atoms with Crippen LogP contribution in [0.1, 0.15) is 19.3 Å². The van der Waals surface area contributed by atoms with Gasteiger partial charge < -0.3 is 10.0 Å². The van der Waals surface area contributed by atoms with Crippen LogP contribution in [0.15, 0.2) is 29.2 Å². The van der Waals surface area contributed by atoms with Crippen LogP contribution in [-0.2, 0) is 9.59 Å². The van der Waals surface area contributed by atoms with E-state index in [1.54, 1.807) is 6.07 Å². The molecule has 2 aliphatic heterocycles. The van der Waals surface area contributed by atoms with E-state index in [-0.39, 0.29) is 18.0 Å². The van der Waals surface area contributed by atoms with Crippen molar-refractivity contribution in [3.63, 3.8) is 0 Å². The Labute approximate surface area is 132 Å². The number of thioether (sulfide) groups is 1. The molecule has 2 bridgehead atoms. The van der Waals surface area contributed by atoms with Gasteiger partial charge in [0.1, 0.15) is 0 Å². The number of carboxylic acid groups (broad SMARTS) is 1. The molecule has 0 spiro atoms. The zero-order valence-electron chi connectivity index (χ0n) is 11.4. The van der Waals surface area contributed by atoms with Gasteiger partial charge >= 0.3 is 5.97 Å². The fourth-order valence-electron chi connectivity index (χ4n) is 3.42. The van der Waals surface area contributed by atoms with Crippen molar-refractivity contribution in [3.05, 3.63) is 29.3 Å². The number of fused-ring (bicyclic) bond motifs is 2. The highest BCUT2D eigenvalue weighted by Crippen LogP contribution is 2.42. The molecule has 1 aromatic carbocycles. The minimum atomic E-state index is -0.779. The van der Waals surface area contributed by atoms with E-state index in [1.165, 1.54) is 11.8 Å². The van der Waals surface area contributed by atoms with Crippen LogP contribution in [0, 0.1) is 5.92 Å². The lowest BCUT2D eigenvalue weighted by atomic mass is 9.89. The van der Waals surface area contributed by atoms with E-state index in [1.807, 2.05) is 23.1 Å². The summed E-state index contributed by atoms with van der Waals surface area (Å²) in [7, 11) is 0. The molecular formula is C15H16ClNO3S. The summed E-state index contributed by atoms with van der Waals surface area (Å²) in [5.41, 5.74) is 0. The van der Waals surface area contributed by atoms with Crippen molar-refractivity contribution < 1.29 is 14.7 Å². The van der Waals surface area contributed by atoms with Gasteiger partial charge in [-0.2, -0.15) is 0 Å². The van der Waals surface area contributed by atoms with Crippen LogP contribution < -0.4 is 0 Å². The third-order valence-corrected chi connectivity index (χ3v) is 5.83. The van der Waals surface area contributed by atoms with E-state index < -0.39 is 11.9 Å². The third kappa shape index (κ3) is 2.77. The van der Waals surface area contributed by atoms with Gasteiger partial charge in [-0.3, -0.25) is 9.59 Å². The van der Waals surface area contributed by atoms with Crippen molar-refractivity contribution in [1.82, 2.24) is 4.90 Å². The maximum atomic E-state index is 12.4. The van der Waals surface area contributed by atoms with Crippen LogP contribution in [0.25, 0.3) is 0 Å². The van der Waals surface area contributed by atoms with Crippen molar-refractivity contribution in [3.8, 4) is 0 Å². The minimum absolute atomic E-state index is 0.0242. The molecule has 1 N–H and O–H groups in total. The molecule has 0 saturated carbocycles. The Kier molecular flexibility index (Phi) is 4.13. The van der Waals surface area contributed by atoms with Crippen molar-refractivity contribution in [2.45, 2.75) is 36.2 Å². The van der Waals surface area contributed by atoms with Gasteiger partial charge in [0.25, 0.3) is 0 Å². The van der Waals surface area contributed by atoms with E-state index in [0.29, 0.717) is 17.2 Å².